The van der Waals surface area contributed by atoms with Crippen LogP contribution in [0, 0.1) is 6.92 Å². The minimum absolute atomic E-state index is 0.134. The van der Waals surface area contributed by atoms with E-state index < -0.39 is 19.1 Å². The summed E-state index contributed by atoms with van der Waals surface area (Å²) >= 11 is 0. The average molecular weight is 274 g/mol. The number of halogens is 2. The van der Waals surface area contributed by atoms with Gasteiger partial charge in [0.15, 0.2) is 6.61 Å². The number of carbonyl (C=O) groups is 1. The van der Waals surface area contributed by atoms with Crippen LogP contribution in [0.2, 0.25) is 0 Å². The van der Waals surface area contributed by atoms with E-state index in [1.165, 1.54) is 13.2 Å². The predicted octanol–water partition coefficient (Wildman–Crippen LogP) is 2.70. The highest BCUT2D eigenvalue weighted by Gasteiger charge is 2.17. The van der Waals surface area contributed by atoms with Crippen molar-refractivity contribution in [3.05, 3.63) is 23.4 Å². The molecule has 0 aromatic carbocycles. The molecule has 0 radical (unpaired) electrons. The molecule has 1 aromatic rings. The minimum atomic E-state index is -2.56. The molecule has 19 heavy (non-hydrogen) atoms. The fourth-order valence-corrected chi connectivity index (χ4v) is 1.49. The van der Waals surface area contributed by atoms with Crippen molar-refractivity contribution >= 4 is 6.09 Å². The van der Waals surface area contributed by atoms with Crippen molar-refractivity contribution in [2.45, 2.75) is 26.3 Å². The zero-order chi connectivity index (χ0) is 14.6. The van der Waals surface area contributed by atoms with Crippen molar-refractivity contribution in [1.29, 1.82) is 0 Å². The first-order chi connectivity index (χ1) is 8.82. The maximum Gasteiger partial charge on any atom is 0.407 e. The smallest absolute Gasteiger partial charge is 0.407 e. The summed E-state index contributed by atoms with van der Waals surface area (Å²) < 4.78 is 28.9. The monoisotopic (exact) mass is 274 g/mol. The molecule has 0 bridgehead atoms. The highest BCUT2D eigenvalue weighted by atomic mass is 19.3. The van der Waals surface area contributed by atoms with E-state index in [1.54, 1.807) is 19.9 Å². The summed E-state index contributed by atoms with van der Waals surface area (Å²) in [5.41, 5.74) is 1.26. The Morgan fingerprint density at radius 1 is 1.58 bits per heavy atom. The van der Waals surface area contributed by atoms with Gasteiger partial charge in [0.1, 0.15) is 0 Å². The number of aromatic nitrogens is 1. The molecule has 1 atom stereocenters. The number of amides is 1. The van der Waals surface area contributed by atoms with Gasteiger partial charge in [0.2, 0.25) is 5.88 Å². The van der Waals surface area contributed by atoms with Crippen LogP contribution in [0.25, 0.3) is 0 Å². The lowest BCUT2D eigenvalue weighted by atomic mass is 10.1. The maximum atomic E-state index is 12.0. The van der Waals surface area contributed by atoms with Crippen LogP contribution in [0.3, 0.4) is 0 Å². The average Bonchev–Trinajstić information content (AvgIpc) is 2.35. The van der Waals surface area contributed by atoms with Gasteiger partial charge in [-0.1, -0.05) is 0 Å². The van der Waals surface area contributed by atoms with Crippen LogP contribution in [0.1, 0.15) is 24.1 Å². The summed E-state index contributed by atoms with van der Waals surface area (Å²) in [7, 11) is 1.45. The molecule has 0 saturated carbocycles. The van der Waals surface area contributed by atoms with Crippen molar-refractivity contribution in [3.63, 3.8) is 0 Å². The van der Waals surface area contributed by atoms with E-state index in [1.807, 2.05) is 0 Å². The molecule has 1 amide bonds. The second kappa shape index (κ2) is 6.31. The van der Waals surface area contributed by atoms with Crippen LogP contribution in [-0.4, -0.2) is 41.2 Å². The summed E-state index contributed by atoms with van der Waals surface area (Å²) in [6.45, 7) is 2.67. The van der Waals surface area contributed by atoms with Crippen molar-refractivity contribution in [1.82, 2.24) is 9.88 Å². The molecule has 0 fully saturated rings. The molecule has 106 valence electrons. The van der Waals surface area contributed by atoms with E-state index in [0.717, 1.165) is 4.90 Å². The van der Waals surface area contributed by atoms with Gasteiger partial charge in [0.05, 0.1) is 6.04 Å². The Balaban J connectivity index is 2.84. The number of carboxylic acid groups (broad SMARTS) is 1. The van der Waals surface area contributed by atoms with Crippen molar-refractivity contribution < 1.29 is 23.4 Å². The minimum Gasteiger partial charge on any atom is -0.471 e. The standard InChI is InChI=1S/C12H16F2N2O3/c1-7-4-9(8(2)16(3)12(17)18)5-15-11(7)19-6-10(13)14/h4-5,8,10H,6H2,1-3H3,(H,17,18). The number of hydrogen-bond acceptors (Lipinski definition) is 3. The van der Waals surface area contributed by atoms with Crippen molar-refractivity contribution in [3.8, 4) is 5.88 Å². The first-order valence-electron chi connectivity index (χ1n) is 5.66. The molecule has 0 aliphatic heterocycles. The van der Waals surface area contributed by atoms with E-state index in [9.17, 15) is 13.6 Å². The van der Waals surface area contributed by atoms with Crippen molar-refractivity contribution in [2.75, 3.05) is 13.7 Å². The van der Waals surface area contributed by atoms with Gasteiger partial charge in [-0.3, -0.25) is 0 Å². The second-order valence-corrected chi connectivity index (χ2v) is 4.16. The van der Waals surface area contributed by atoms with E-state index in [0.29, 0.717) is 11.1 Å². The molecule has 1 aromatic heterocycles. The molecule has 7 heteroatoms. The lowest BCUT2D eigenvalue weighted by Gasteiger charge is -2.22. The zero-order valence-electron chi connectivity index (χ0n) is 10.9. The molecule has 1 unspecified atom stereocenters. The van der Waals surface area contributed by atoms with Gasteiger partial charge in [-0.15, -0.1) is 0 Å². The Hall–Kier alpha value is -1.92. The van der Waals surface area contributed by atoms with Gasteiger partial charge in [-0.2, -0.15) is 0 Å². The highest BCUT2D eigenvalue weighted by Crippen LogP contribution is 2.23. The maximum absolute atomic E-state index is 12.0. The number of aryl methyl sites for hydroxylation is 1. The topological polar surface area (TPSA) is 62.7 Å². The van der Waals surface area contributed by atoms with Crippen LogP contribution in [-0.2, 0) is 0 Å². The Morgan fingerprint density at radius 3 is 2.68 bits per heavy atom. The van der Waals surface area contributed by atoms with Crippen LogP contribution in [0.4, 0.5) is 13.6 Å². The Bertz CT molecular complexity index is 455. The fourth-order valence-electron chi connectivity index (χ4n) is 1.49. The molecule has 1 rings (SSSR count). The molecular formula is C12H16F2N2O3. The summed E-state index contributed by atoms with van der Waals surface area (Å²) in [5, 5.41) is 8.88. The first-order valence-corrected chi connectivity index (χ1v) is 5.66. The van der Waals surface area contributed by atoms with Crippen LogP contribution in [0.15, 0.2) is 12.3 Å². The molecule has 0 saturated heterocycles. The normalized spacial score (nSPS) is 12.3. The SMILES string of the molecule is Cc1cc(C(C)N(C)C(=O)O)cnc1OCC(F)F. The van der Waals surface area contributed by atoms with E-state index in [2.05, 4.69) is 4.98 Å². The van der Waals surface area contributed by atoms with Crippen LogP contribution >= 0.6 is 0 Å². The van der Waals surface area contributed by atoms with Crippen LogP contribution < -0.4 is 4.74 Å². The van der Waals surface area contributed by atoms with E-state index in [-0.39, 0.29) is 11.9 Å². The molecule has 0 aliphatic rings. The summed E-state index contributed by atoms with van der Waals surface area (Å²) in [6.07, 6.45) is -2.18. The third kappa shape index (κ3) is 4.04. The molecule has 0 spiro atoms. The van der Waals surface area contributed by atoms with Gasteiger partial charge in [0, 0.05) is 18.8 Å². The summed E-state index contributed by atoms with van der Waals surface area (Å²) in [4.78, 5) is 15.9. The van der Waals surface area contributed by atoms with E-state index >= 15 is 0 Å². The Kier molecular flexibility index (Phi) is 5.02. The lowest BCUT2D eigenvalue weighted by Crippen LogP contribution is -2.28. The third-order valence-electron chi connectivity index (χ3n) is 2.76. The number of alkyl halides is 2. The zero-order valence-corrected chi connectivity index (χ0v) is 10.9. The predicted molar refractivity (Wildman–Crippen MR) is 64.7 cm³/mol. The largest absolute Gasteiger partial charge is 0.471 e. The van der Waals surface area contributed by atoms with Gasteiger partial charge in [-0.05, 0) is 25.5 Å². The van der Waals surface area contributed by atoms with Crippen molar-refractivity contribution in [2.24, 2.45) is 0 Å². The first kappa shape index (κ1) is 15.1. The van der Waals surface area contributed by atoms with Gasteiger partial charge in [0.25, 0.3) is 6.43 Å². The van der Waals surface area contributed by atoms with Gasteiger partial charge < -0.3 is 14.7 Å². The number of rotatable bonds is 5. The summed E-state index contributed by atoms with van der Waals surface area (Å²) in [5.74, 6) is 0.134. The molecule has 1 N–H and O–H groups in total. The quantitative estimate of drug-likeness (QED) is 0.896. The number of ether oxygens (including phenoxy) is 1. The third-order valence-corrected chi connectivity index (χ3v) is 2.76. The molecule has 1 heterocycles. The number of nitrogens with zero attached hydrogens (tertiary/aromatic N) is 2. The van der Waals surface area contributed by atoms with Gasteiger partial charge in [-0.25, -0.2) is 18.6 Å². The molecule has 0 aliphatic carbocycles. The Labute approximate surface area is 109 Å². The molecule has 5 nitrogen and oxygen atoms in total. The highest BCUT2D eigenvalue weighted by molar-refractivity contribution is 5.65. The lowest BCUT2D eigenvalue weighted by molar-refractivity contribution is 0.0791. The Morgan fingerprint density at radius 2 is 2.21 bits per heavy atom. The van der Waals surface area contributed by atoms with E-state index in [4.69, 9.17) is 9.84 Å². The number of pyridine rings is 1. The second-order valence-electron chi connectivity index (χ2n) is 4.16. The number of hydrogen-bond donors (Lipinski definition) is 1. The summed E-state index contributed by atoms with van der Waals surface area (Å²) in [6, 6.07) is 1.30. The van der Waals surface area contributed by atoms with Gasteiger partial charge >= 0.3 is 6.09 Å². The van der Waals surface area contributed by atoms with Crippen LogP contribution in [0.5, 0.6) is 5.88 Å². The fraction of sp³-hybridized carbons (Fsp3) is 0.500. The molecular weight excluding hydrogens is 258 g/mol.